The van der Waals surface area contributed by atoms with Crippen LogP contribution in [0.5, 0.6) is 0 Å². The number of methoxy groups -OCH3 is 1. The lowest BCUT2D eigenvalue weighted by molar-refractivity contribution is -0.273. The van der Waals surface area contributed by atoms with Crippen molar-refractivity contribution in [2.24, 2.45) is 0 Å². The van der Waals surface area contributed by atoms with Gasteiger partial charge in [-0.05, 0) is 13.8 Å². The molecule has 0 aromatic rings. The molecule has 0 spiro atoms. The highest BCUT2D eigenvalue weighted by Gasteiger charge is 2.47. The Kier molecular flexibility index (Phi) is 9.44. The van der Waals surface area contributed by atoms with E-state index in [9.17, 15) is 29.3 Å². The molecule has 5 N–H and O–H groups in total. The molecule has 164 valence electrons. The lowest BCUT2D eigenvalue weighted by atomic mass is 9.96. The molecule has 1 saturated heterocycles. The van der Waals surface area contributed by atoms with Crippen molar-refractivity contribution in [1.29, 1.82) is 0 Å². The number of ether oxygens (including phenoxy) is 3. The summed E-state index contributed by atoms with van der Waals surface area (Å²) in [5, 5.41) is 24.7. The first-order valence-corrected chi connectivity index (χ1v) is 10.2. The Labute approximate surface area is 163 Å². The molecule has 1 fully saturated rings. The first-order chi connectivity index (χ1) is 13.0. The maximum atomic E-state index is 12.3. The number of hydrogen-bond donors (Lipinski definition) is 5. The standard InChI is InChI=1S/C15H29N2O10P/c1-7(14(21)17-9(3)28(22,23)25-5)26-13-11(16-8(2)19)15(24-4)27-10(6-18)12(13)20/h7,9-13,15,18,20H,6H2,1-5H3,(H,16,19)(H,17,21)(H,22,23)/t7-,9-,10-,11-,12-,13-,15-/m1/s1. The summed E-state index contributed by atoms with van der Waals surface area (Å²) in [6, 6.07) is -0.976. The maximum absolute atomic E-state index is 12.3. The van der Waals surface area contributed by atoms with E-state index in [1.807, 2.05) is 0 Å². The summed E-state index contributed by atoms with van der Waals surface area (Å²) in [5.74, 6) is -2.39. The Balaban J connectivity index is 2.96. The molecule has 0 bridgehead atoms. The van der Waals surface area contributed by atoms with Gasteiger partial charge in [0.05, 0.1) is 6.61 Å². The topological polar surface area (TPSA) is 173 Å². The lowest BCUT2D eigenvalue weighted by Crippen LogP contribution is -2.66. The van der Waals surface area contributed by atoms with E-state index in [-0.39, 0.29) is 0 Å². The maximum Gasteiger partial charge on any atom is 0.349 e. The van der Waals surface area contributed by atoms with Gasteiger partial charge < -0.3 is 44.5 Å². The molecule has 0 aromatic heterocycles. The van der Waals surface area contributed by atoms with Crippen LogP contribution in [0.1, 0.15) is 20.8 Å². The zero-order valence-corrected chi connectivity index (χ0v) is 17.3. The van der Waals surface area contributed by atoms with Crippen molar-refractivity contribution < 1.29 is 48.0 Å². The number of amides is 2. The van der Waals surface area contributed by atoms with Crippen molar-refractivity contribution in [3.8, 4) is 0 Å². The van der Waals surface area contributed by atoms with Gasteiger partial charge in [0.15, 0.2) is 6.29 Å². The fourth-order valence-corrected chi connectivity index (χ4v) is 3.29. The van der Waals surface area contributed by atoms with Gasteiger partial charge in [-0.1, -0.05) is 0 Å². The summed E-state index contributed by atoms with van der Waals surface area (Å²) in [6.07, 6.45) is -5.86. The zero-order valence-electron chi connectivity index (χ0n) is 16.4. The zero-order chi connectivity index (χ0) is 21.6. The van der Waals surface area contributed by atoms with Gasteiger partial charge in [-0.3, -0.25) is 14.2 Å². The van der Waals surface area contributed by atoms with Crippen LogP contribution in [0.4, 0.5) is 0 Å². The molecule has 13 heteroatoms. The van der Waals surface area contributed by atoms with Gasteiger partial charge in [0.25, 0.3) is 0 Å². The van der Waals surface area contributed by atoms with Crippen molar-refractivity contribution in [2.75, 3.05) is 20.8 Å². The molecule has 28 heavy (non-hydrogen) atoms. The van der Waals surface area contributed by atoms with Gasteiger partial charge >= 0.3 is 7.60 Å². The number of aliphatic hydroxyl groups excluding tert-OH is 2. The summed E-state index contributed by atoms with van der Waals surface area (Å²) >= 11 is 0. The van der Waals surface area contributed by atoms with E-state index in [1.165, 1.54) is 27.9 Å². The van der Waals surface area contributed by atoms with Crippen molar-refractivity contribution in [1.82, 2.24) is 10.6 Å². The molecule has 1 rings (SSSR count). The summed E-state index contributed by atoms with van der Waals surface area (Å²) < 4.78 is 32.4. The third kappa shape index (κ3) is 6.19. The number of rotatable bonds is 9. The van der Waals surface area contributed by atoms with E-state index in [0.717, 1.165) is 7.11 Å². The minimum Gasteiger partial charge on any atom is -0.394 e. The molecule has 0 aliphatic carbocycles. The fourth-order valence-electron chi connectivity index (χ4n) is 2.68. The van der Waals surface area contributed by atoms with Gasteiger partial charge in [0.2, 0.25) is 11.8 Å². The smallest absolute Gasteiger partial charge is 0.349 e. The van der Waals surface area contributed by atoms with E-state index in [2.05, 4.69) is 15.2 Å². The molecule has 12 nitrogen and oxygen atoms in total. The normalized spacial score (nSPS) is 32.1. The minimum atomic E-state index is -4.04. The third-order valence-electron chi connectivity index (χ3n) is 4.29. The molecular formula is C15H29N2O10P. The number of hydrogen-bond acceptors (Lipinski definition) is 9. The Hall–Kier alpha value is -1.11. The molecule has 0 saturated carbocycles. The second-order valence-electron chi connectivity index (χ2n) is 6.35. The van der Waals surface area contributed by atoms with Gasteiger partial charge in [0.1, 0.15) is 36.2 Å². The first kappa shape index (κ1) is 24.9. The Morgan fingerprint density at radius 1 is 1.29 bits per heavy atom. The highest BCUT2D eigenvalue weighted by molar-refractivity contribution is 7.53. The summed E-state index contributed by atoms with van der Waals surface area (Å²) in [5.41, 5.74) is 0. The molecule has 1 aliphatic rings. The Morgan fingerprint density at radius 3 is 2.36 bits per heavy atom. The van der Waals surface area contributed by atoms with Gasteiger partial charge in [-0.15, -0.1) is 0 Å². The van der Waals surface area contributed by atoms with Crippen LogP contribution in [0, 0.1) is 0 Å². The van der Waals surface area contributed by atoms with Crippen LogP contribution in [-0.2, 0) is 32.9 Å². The molecule has 1 unspecified atom stereocenters. The van der Waals surface area contributed by atoms with E-state index in [4.69, 9.17) is 14.2 Å². The molecular weight excluding hydrogens is 399 g/mol. The predicted molar refractivity (Wildman–Crippen MR) is 95.1 cm³/mol. The molecule has 1 heterocycles. The van der Waals surface area contributed by atoms with Crippen molar-refractivity contribution >= 4 is 19.4 Å². The van der Waals surface area contributed by atoms with E-state index >= 15 is 0 Å². The number of carbonyl (C=O) groups is 2. The quantitative estimate of drug-likeness (QED) is 0.266. The molecule has 1 aliphatic heterocycles. The van der Waals surface area contributed by atoms with Crippen molar-refractivity contribution in [3.05, 3.63) is 0 Å². The molecule has 0 aromatic carbocycles. The lowest BCUT2D eigenvalue weighted by Gasteiger charge is -2.44. The molecule has 2 amide bonds. The van der Waals surface area contributed by atoms with Crippen LogP contribution in [0.25, 0.3) is 0 Å². The fraction of sp³-hybridized carbons (Fsp3) is 0.867. The second-order valence-corrected chi connectivity index (χ2v) is 8.62. The highest BCUT2D eigenvalue weighted by Crippen LogP contribution is 2.44. The Morgan fingerprint density at radius 2 is 1.89 bits per heavy atom. The number of carbonyl (C=O) groups excluding carboxylic acids is 2. The van der Waals surface area contributed by atoms with Crippen LogP contribution >= 0.6 is 7.60 Å². The summed E-state index contributed by atoms with van der Waals surface area (Å²) in [6.45, 7) is 3.35. The van der Waals surface area contributed by atoms with E-state index in [1.54, 1.807) is 0 Å². The average Bonchev–Trinajstić information content (AvgIpc) is 2.64. The Bertz CT molecular complexity index is 591. The van der Waals surface area contributed by atoms with Crippen LogP contribution in [0.3, 0.4) is 0 Å². The van der Waals surface area contributed by atoms with Crippen molar-refractivity contribution in [2.45, 2.75) is 63.3 Å². The van der Waals surface area contributed by atoms with E-state index in [0.29, 0.717) is 0 Å². The van der Waals surface area contributed by atoms with Crippen LogP contribution < -0.4 is 10.6 Å². The largest absolute Gasteiger partial charge is 0.394 e. The van der Waals surface area contributed by atoms with Crippen LogP contribution in [0.15, 0.2) is 0 Å². The number of aliphatic hydroxyl groups is 2. The highest BCUT2D eigenvalue weighted by atomic mass is 31.2. The van der Waals surface area contributed by atoms with E-state index < -0.39 is 68.5 Å². The van der Waals surface area contributed by atoms with Gasteiger partial charge in [-0.2, -0.15) is 0 Å². The molecule has 0 radical (unpaired) electrons. The monoisotopic (exact) mass is 428 g/mol. The molecule has 8 atom stereocenters. The van der Waals surface area contributed by atoms with Gasteiger partial charge in [-0.25, -0.2) is 0 Å². The van der Waals surface area contributed by atoms with Crippen LogP contribution in [0.2, 0.25) is 0 Å². The second kappa shape index (κ2) is 10.6. The summed E-state index contributed by atoms with van der Waals surface area (Å²) in [4.78, 5) is 33.4. The van der Waals surface area contributed by atoms with Gasteiger partial charge in [0, 0.05) is 21.1 Å². The predicted octanol–water partition coefficient (Wildman–Crippen LogP) is -1.72. The van der Waals surface area contributed by atoms with Crippen LogP contribution in [-0.4, -0.2) is 90.3 Å². The van der Waals surface area contributed by atoms with Crippen molar-refractivity contribution in [3.63, 3.8) is 0 Å². The third-order valence-corrected chi connectivity index (χ3v) is 5.92. The average molecular weight is 428 g/mol. The SMILES string of the molecule is CO[C@@H]1O[C@H](CO)[C@@H](O)[C@H](O[C@H](C)C(=O)N[C@@H](C)P(=O)(O)OC)[C@H]1NC(C)=O. The first-order valence-electron chi connectivity index (χ1n) is 8.56. The minimum absolute atomic E-state index is 0.453. The summed E-state index contributed by atoms with van der Waals surface area (Å²) in [7, 11) is -1.69. The number of nitrogens with one attached hydrogen (secondary N) is 2.